The van der Waals surface area contributed by atoms with Gasteiger partial charge in [-0.3, -0.25) is 4.98 Å². The van der Waals surface area contributed by atoms with E-state index >= 15 is 0 Å². The molecule has 4 N–H and O–H groups in total. The second-order valence-electron chi connectivity index (χ2n) is 6.20. The highest BCUT2D eigenvalue weighted by molar-refractivity contribution is 7.98. The molecule has 1 atom stereocenters. The monoisotopic (exact) mass is 422 g/mol. The highest BCUT2D eigenvalue weighted by atomic mass is 35.5. The number of pyridine rings is 1. The molecule has 1 aliphatic rings. The average Bonchev–Trinajstić information content (AvgIpc) is 2.72. The first-order valence-electron chi connectivity index (χ1n) is 8.59. The van der Waals surface area contributed by atoms with Crippen molar-refractivity contribution in [2.24, 2.45) is 5.73 Å². The smallest absolute Gasteiger partial charge is 0.231 e. The maximum Gasteiger partial charge on any atom is 0.231 e. The molecule has 1 aliphatic heterocycles. The summed E-state index contributed by atoms with van der Waals surface area (Å²) in [5, 5.41) is 10.7. The zero-order valence-electron chi connectivity index (χ0n) is 15.0. The number of nitrogen functional groups attached to an aromatic ring is 1. The van der Waals surface area contributed by atoms with Crippen molar-refractivity contribution in [1.82, 2.24) is 15.0 Å². The molecule has 0 spiro atoms. The number of ether oxygens (including phenoxy) is 1. The molecule has 4 rings (SSSR count). The van der Waals surface area contributed by atoms with Crippen molar-refractivity contribution < 1.29 is 4.74 Å². The number of halogens is 1. The lowest BCUT2D eigenvalue weighted by Gasteiger charge is -2.26. The summed E-state index contributed by atoms with van der Waals surface area (Å²) in [7, 11) is 0. The van der Waals surface area contributed by atoms with E-state index in [1.807, 2.05) is 30.3 Å². The molecular weight excluding hydrogens is 408 g/mol. The van der Waals surface area contributed by atoms with E-state index in [1.54, 1.807) is 18.5 Å². The van der Waals surface area contributed by atoms with Crippen LogP contribution in [-0.2, 0) is 5.75 Å². The lowest BCUT2D eigenvalue weighted by Crippen LogP contribution is -2.23. The Balaban J connectivity index is 1.72. The van der Waals surface area contributed by atoms with Crippen LogP contribution in [-0.4, -0.2) is 15.0 Å². The predicted molar refractivity (Wildman–Crippen MR) is 111 cm³/mol. The Morgan fingerprint density at radius 3 is 2.72 bits per heavy atom. The van der Waals surface area contributed by atoms with Gasteiger partial charge in [-0.05, 0) is 23.3 Å². The standard InChI is InChI=1S/C20H15ClN6OS/c21-14-6-2-1-4-12(14)10-29-20-26-17(23)16-15(11-5-3-7-25-9-11)13(8-22)18(24)28-19(16)27-20/h1-7,9,15H,10,24H2,(H2,23,26,27). The first kappa shape index (κ1) is 19.1. The Hall–Kier alpha value is -3.28. The van der Waals surface area contributed by atoms with Gasteiger partial charge < -0.3 is 16.2 Å². The van der Waals surface area contributed by atoms with Crippen LogP contribution >= 0.6 is 23.4 Å². The van der Waals surface area contributed by atoms with E-state index in [0.29, 0.717) is 21.5 Å². The Labute approximate surface area is 176 Å². The Bertz CT molecular complexity index is 1150. The average molecular weight is 423 g/mol. The van der Waals surface area contributed by atoms with E-state index in [2.05, 4.69) is 21.0 Å². The number of hydrogen-bond donors (Lipinski definition) is 2. The van der Waals surface area contributed by atoms with Gasteiger partial charge in [0.25, 0.3) is 0 Å². The molecule has 0 aliphatic carbocycles. The van der Waals surface area contributed by atoms with Crippen molar-refractivity contribution in [3.63, 3.8) is 0 Å². The van der Waals surface area contributed by atoms with Gasteiger partial charge in [0, 0.05) is 23.2 Å². The molecule has 3 aromatic rings. The quantitative estimate of drug-likeness (QED) is 0.482. The molecule has 0 saturated carbocycles. The van der Waals surface area contributed by atoms with Crippen LogP contribution in [0.4, 0.5) is 5.82 Å². The number of aromatic nitrogens is 3. The second-order valence-corrected chi connectivity index (χ2v) is 7.55. The molecule has 2 aromatic heterocycles. The first-order valence-corrected chi connectivity index (χ1v) is 9.96. The van der Waals surface area contributed by atoms with Crippen LogP contribution in [0.15, 0.2) is 65.4 Å². The Morgan fingerprint density at radius 1 is 1.17 bits per heavy atom. The summed E-state index contributed by atoms with van der Waals surface area (Å²) in [6.07, 6.45) is 3.31. The van der Waals surface area contributed by atoms with Crippen LogP contribution in [0, 0.1) is 11.3 Å². The number of nitrogens with zero attached hydrogens (tertiary/aromatic N) is 4. The molecular formula is C20H15ClN6OS. The lowest BCUT2D eigenvalue weighted by atomic mass is 9.85. The van der Waals surface area contributed by atoms with Crippen molar-refractivity contribution in [2.45, 2.75) is 16.8 Å². The number of rotatable bonds is 4. The van der Waals surface area contributed by atoms with Crippen molar-refractivity contribution in [3.05, 3.63) is 82.0 Å². The fraction of sp³-hybridized carbons (Fsp3) is 0.100. The number of hydrogen-bond acceptors (Lipinski definition) is 8. The predicted octanol–water partition coefficient (Wildman–Crippen LogP) is 3.62. The molecule has 144 valence electrons. The number of allylic oxidation sites excluding steroid dienone is 1. The van der Waals surface area contributed by atoms with Crippen LogP contribution in [0.2, 0.25) is 5.02 Å². The molecule has 29 heavy (non-hydrogen) atoms. The molecule has 0 radical (unpaired) electrons. The molecule has 0 fully saturated rings. The van der Waals surface area contributed by atoms with E-state index < -0.39 is 5.92 Å². The maximum atomic E-state index is 9.61. The van der Waals surface area contributed by atoms with E-state index in [1.165, 1.54) is 11.8 Å². The zero-order chi connectivity index (χ0) is 20.4. The minimum Gasteiger partial charge on any atom is -0.422 e. The number of nitriles is 1. The topological polar surface area (TPSA) is 124 Å². The van der Waals surface area contributed by atoms with Gasteiger partial charge in [-0.25, -0.2) is 4.98 Å². The van der Waals surface area contributed by atoms with E-state index in [9.17, 15) is 5.26 Å². The van der Waals surface area contributed by atoms with Crippen molar-refractivity contribution >= 4 is 29.2 Å². The van der Waals surface area contributed by atoms with Gasteiger partial charge in [-0.1, -0.05) is 47.6 Å². The van der Waals surface area contributed by atoms with Gasteiger partial charge >= 0.3 is 0 Å². The summed E-state index contributed by atoms with van der Waals surface area (Å²) in [5.74, 6) is 0.489. The third-order valence-electron chi connectivity index (χ3n) is 4.42. The van der Waals surface area contributed by atoms with Crippen LogP contribution in [0.3, 0.4) is 0 Å². The Kier molecular flexibility index (Phi) is 5.25. The number of benzene rings is 1. The largest absolute Gasteiger partial charge is 0.422 e. The minimum atomic E-state index is -0.542. The molecule has 0 amide bonds. The fourth-order valence-corrected chi connectivity index (χ4v) is 4.19. The SMILES string of the molecule is N#CC1=C(N)Oc2nc(SCc3ccccc3Cl)nc(N)c2C1c1cccnc1. The van der Waals surface area contributed by atoms with Crippen LogP contribution in [0.25, 0.3) is 0 Å². The van der Waals surface area contributed by atoms with Crippen LogP contribution in [0.5, 0.6) is 5.88 Å². The summed E-state index contributed by atoms with van der Waals surface area (Å²) >= 11 is 7.59. The second kappa shape index (κ2) is 7.99. The van der Waals surface area contributed by atoms with Crippen molar-refractivity contribution in [1.29, 1.82) is 5.26 Å². The summed E-state index contributed by atoms with van der Waals surface area (Å²) in [6.45, 7) is 0. The minimum absolute atomic E-state index is 0.00555. The molecule has 0 saturated heterocycles. The number of thioether (sulfide) groups is 1. The summed E-state index contributed by atoms with van der Waals surface area (Å²) in [4.78, 5) is 13.0. The van der Waals surface area contributed by atoms with E-state index in [-0.39, 0.29) is 23.2 Å². The third-order valence-corrected chi connectivity index (χ3v) is 5.69. The van der Waals surface area contributed by atoms with Gasteiger partial charge in [-0.2, -0.15) is 10.2 Å². The molecule has 7 nitrogen and oxygen atoms in total. The summed E-state index contributed by atoms with van der Waals surface area (Å²) < 4.78 is 5.63. The number of fused-ring (bicyclic) bond motifs is 1. The van der Waals surface area contributed by atoms with Crippen molar-refractivity contribution in [3.8, 4) is 11.9 Å². The normalized spacial score (nSPS) is 15.4. The molecule has 9 heteroatoms. The van der Waals surface area contributed by atoms with E-state index in [4.69, 9.17) is 27.8 Å². The summed E-state index contributed by atoms with van der Waals surface area (Å²) in [5.41, 5.74) is 14.7. The highest BCUT2D eigenvalue weighted by Crippen LogP contribution is 2.44. The van der Waals surface area contributed by atoms with Crippen molar-refractivity contribution in [2.75, 3.05) is 5.73 Å². The zero-order valence-corrected chi connectivity index (χ0v) is 16.6. The first-order chi connectivity index (χ1) is 14.1. The van der Waals surface area contributed by atoms with Gasteiger partial charge in [0.05, 0.1) is 11.5 Å². The number of nitrogens with two attached hydrogens (primary N) is 2. The van der Waals surface area contributed by atoms with Gasteiger partial charge in [0.15, 0.2) is 5.16 Å². The van der Waals surface area contributed by atoms with Crippen LogP contribution < -0.4 is 16.2 Å². The lowest BCUT2D eigenvalue weighted by molar-refractivity contribution is 0.372. The molecule has 0 bridgehead atoms. The van der Waals surface area contributed by atoms with E-state index in [0.717, 1.165) is 11.1 Å². The highest BCUT2D eigenvalue weighted by Gasteiger charge is 2.34. The number of anilines is 1. The maximum absolute atomic E-state index is 9.61. The molecule has 1 unspecified atom stereocenters. The van der Waals surface area contributed by atoms with Gasteiger partial charge in [0.2, 0.25) is 11.8 Å². The van der Waals surface area contributed by atoms with Gasteiger partial charge in [0.1, 0.15) is 17.5 Å². The fourth-order valence-electron chi connectivity index (χ4n) is 3.06. The van der Waals surface area contributed by atoms with Gasteiger partial charge in [-0.15, -0.1) is 0 Å². The van der Waals surface area contributed by atoms with Crippen LogP contribution in [0.1, 0.15) is 22.6 Å². The molecule has 3 heterocycles. The summed E-state index contributed by atoms with van der Waals surface area (Å²) in [6, 6.07) is 13.3. The molecule has 1 aromatic carbocycles. The third kappa shape index (κ3) is 3.70. The Morgan fingerprint density at radius 2 is 2.00 bits per heavy atom.